The van der Waals surface area contributed by atoms with Gasteiger partial charge in [-0.05, 0) is 24.0 Å². The van der Waals surface area contributed by atoms with Crippen molar-refractivity contribution in [1.82, 2.24) is 10.4 Å². The van der Waals surface area contributed by atoms with Gasteiger partial charge < -0.3 is 4.74 Å². The number of pyridine rings is 1. The van der Waals surface area contributed by atoms with Gasteiger partial charge in [0.1, 0.15) is 5.75 Å². The molecule has 0 aliphatic rings. The maximum absolute atomic E-state index is 5.61. The highest BCUT2D eigenvalue weighted by Crippen LogP contribution is 2.25. The van der Waals surface area contributed by atoms with Gasteiger partial charge in [-0.1, -0.05) is 27.2 Å². The van der Waals surface area contributed by atoms with Crippen molar-refractivity contribution in [2.45, 2.75) is 39.7 Å². The monoisotopic (exact) mass is 237 g/mol. The summed E-state index contributed by atoms with van der Waals surface area (Å²) in [6.45, 7) is 7.12. The molecule has 0 aliphatic carbocycles. The minimum absolute atomic E-state index is 0.123. The van der Waals surface area contributed by atoms with Gasteiger partial charge in [0.2, 0.25) is 0 Å². The van der Waals surface area contributed by atoms with Gasteiger partial charge in [-0.15, -0.1) is 0 Å². The fraction of sp³-hybridized carbons (Fsp3) is 0.615. The Morgan fingerprint density at radius 2 is 2.18 bits per heavy atom. The SMILES string of the molecule is CCCOc1cncc(C(NN)C(C)CC)c1. The molecule has 0 aliphatic heterocycles. The Bertz CT molecular complexity index is 330. The second-order valence-electron chi connectivity index (χ2n) is 4.33. The molecule has 4 nitrogen and oxygen atoms in total. The summed E-state index contributed by atoms with van der Waals surface area (Å²) in [5.41, 5.74) is 3.94. The van der Waals surface area contributed by atoms with Gasteiger partial charge in [-0.2, -0.15) is 0 Å². The lowest BCUT2D eigenvalue weighted by atomic mass is 9.94. The molecule has 1 aromatic rings. The Morgan fingerprint density at radius 1 is 1.41 bits per heavy atom. The second-order valence-corrected chi connectivity index (χ2v) is 4.33. The van der Waals surface area contributed by atoms with Gasteiger partial charge in [-0.25, -0.2) is 0 Å². The Kier molecular flexibility index (Phi) is 5.94. The number of hydrazine groups is 1. The first kappa shape index (κ1) is 13.9. The molecule has 2 atom stereocenters. The van der Waals surface area contributed by atoms with Crippen LogP contribution in [0.3, 0.4) is 0 Å². The van der Waals surface area contributed by atoms with E-state index in [9.17, 15) is 0 Å². The van der Waals surface area contributed by atoms with Crippen LogP contribution in [0.4, 0.5) is 0 Å². The van der Waals surface area contributed by atoms with E-state index in [2.05, 4.69) is 31.2 Å². The average Bonchev–Trinajstić information content (AvgIpc) is 2.37. The van der Waals surface area contributed by atoms with Crippen LogP contribution in [0.15, 0.2) is 18.5 Å². The van der Waals surface area contributed by atoms with Crippen molar-refractivity contribution in [3.05, 3.63) is 24.0 Å². The largest absolute Gasteiger partial charge is 0.492 e. The van der Waals surface area contributed by atoms with E-state index >= 15 is 0 Å². The number of ether oxygens (including phenoxy) is 1. The molecule has 3 N–H and O–H groups in total. The van der Waals surface area contributed by atoms with E-state index in [1.165, 1.54) is 0 Å². The van der Waals surface area contributed by atoms with Crippen LogP contribution >= 0.6 is 0 Å². The standard InChI is InChI=1S/C13H23N3O/c1-4-6-17-12-7-11(8-15-9-12)13(16-14)10(3)5-2/h7-10,13,16H,4-6,14H2,1-3H3. The third kappa shape index (κ3) is 3.98. The number of hydrogen-bond donors (Lipinski definition) is 2. The molecule has 0 saturated heterocycles. The molecule has 0 radical (unpaired) electrons. The van der Waals surface area contributed by atoms with Crippen molar-refractivity contribution < 1.29 is 4.74 Å². The fourth-order valence-corrected chi connectivity index (χ4v) is 1.73. The van der Waals surface area contributed by atoms with Crippen LogP contribution in [0, 0.1) is 5.92 Å². The van der Waals surface area contributed by atoms with Crippen LogP contribution in [-0.4, -0.2) is 11.6 Å². The molecule has 4 heteroatoms. The van der Waals surface area contributed by atoms with Gasteiger partial charge in [0, 0.05) is 6.20 Å². The number of nitrogens with one attached hydrogen (secondary N) is 1. The summed E-state index contributed by atoms with van der Waals surface area (Å²) in [5.74, 6) is 6.89. The highest BCUT2D eigenvalue weighted by Gasteiger charge is 2.17. The number of aromatic nitrogens is 1. The Morgan fingerprint density at radius 3 is 2.76 bits per heavy atom. The van der Waals surface area contributed by atoms with Crippen LogP contribution in [0.1, 0.15) is 45.2 Å². The van der Waals surface area contributed by atoms with Crippen molar-refractivity contribution >= 4 is 0 Å². The van der Waals surface area contributed by atoms with Crippen LogP contribution in [0.5, 0.6) is 5.75 Å². The van der Waals surface area contributed by atoms with Crippen molar-refractivity contribution in [3.63, 3.8) is 0 Å². The van der Waals surface area contributed by atoms with E-state index in [1.807, 2.05) is 12.3 Å². The van der Waals surface area contributed by atoms with Crippen LogP contribution in [-0.2, 0) is 0 Å². The molecule has 0 saturated carbocycles. The smallest absolute Gasteiger partial charge is 0.137 e. The number of nitrogens with zero attached hydrogens (tertiary/aromatic N) is 1. The molecule has 0 bridgehead atoms. The predicted octanol–water partition coefficient (Wildman–Crippen LogP) is 2.42. The first-order valence-electron chi connectivity index (χ1n) is 6.26. The van der Waals surface area contributed by atoms with Gasteiger partial charge >= 0.3 is 0 Å². The molecule has 17 heavy (non-hydrogen) atoms. The molecule has 0 fully saturated rings. The van der Waals surface area contributed by atoms with Crippen LogP contribution < -0.4 is 16.0 Å². The third-order valence-electron chi connectivity index (χ3n) is 2.96. The van der Waals surface area contributed by atoms with Gasteiger partial charge in [-0.3, -0.25) is 16.3 Å². The molecule has 0 spiro atoms. The lowest BCUT2D eigenvalue weighted by molar-refractivity contribution is 0.314. The molecule has 1 heterocycles. The lowest BCUT2D eigenvalue weighted by Gasteiger charge is -2.22. The van der Waals surface area contributed by atoms with Crippen molar-refractivity contribution in [3.8, 4) is 5.75 Å². The first-order chi connectivity index (χ1) is 8.22. The number of nitrogens with two attached hydrogens (primary N) is 1. The molecule has 1 aromatic heterocycles. The topological polar surface area (TPSA) is 60.2 Å². The third-order valence-corrected chi connectivity index (χ3v) is 2.96. The highest BCUT2D eigenvalue weighted by atomic mass is 16.5. The Hall–Kier alpha value is -1.13. The summed E-state index contributed by atoms with van der Waals surface area (Å²) in [6, 6.07) is 2.14. The summed E-state index contributed by atoms with van der Waals surface area (Å²) >= 11 is 0. The minimum Gasteiger partial charge on any atom is -0.492 e. The highest BCUT2D eigenvalue weighted by molar-refractivity contribution is 5.26. The van der Waals surface area contributed by atoms with E-state index in [0.717, 1.165) is 30.8 Å². The van der Waals surface area contributed by atoms with Gasteiger partial charge in [0.25, 0.3) is 0 Å². The minimum atomic E-state index is 0.123. The Balaban J connectivity index is 2.81. The zero-order valence-corrected chi connectivity index (χ0v) is 10.9. The number of hydrogen-bond acceptors (Lipinski definition) is 4. The average molecular weight is 237 g/mol. The van der Waals surface area contributed by atoms with E-state index in [-0.39, 0.29) is 6.04 Å². The maximum atomic E-state index is 5.61. The Labute approximate surface area is 104 Å². The van der Waals surface area contributed by atoms with Gasteiger partial charge in [0.05, 0.1) is 18.8 Å². The zero-order chi connectivity index (χ0) is 12.7. The predicted molar refractivity (Wildman–Crippen MR) is 69.5 cm³/mol. The summed E-state index contributed by atoms with van der Waals surface area (Å²) in [7, 11) is 0. The summed E-state index contributed by atoms with van der Waals surface area (Å²) in [5, 5.41) is 0. The van der Waals surface area contributed by atoms with Crippen molar-refractivity contribution in [1.29, 1.82) is 0 Å². The van der Waals surface area contributed by atoms with Crippen LogP contribution in [0.2, 0.25) is 0 Å². The molecule has 2 unspecified atom stereocenters. The summed E-state index contributed by atoms with van der Waals surface area (Å²) in [6.07, 6.45) is 5.64. The van der Waals surface area contributed by atoms with Crippen LogP contribution in [0.25, 0.3) is 0 Å². The zero-order valence-electron chi connectivity index (χ0n) is 10.9. The van der Waals surface area contributed by atoms with E-state index < -0.39 is 0 Å². The molecular weight excluding hydrogens is 214 g/mol. The summed E-state index contributed by atoms with van der Waals surface area (Å²) in [4.78, 5) is 4.20. The van der Waals surface area contributed by atoms with E-state index in [4.69, 9.17) is 10.6 Å². The van der Waals surface area contributed by atoms with E-state index in [0.29, 0.717) is 5.92 Å². The van der Waals surface area contributed by atoms with Crippen molar-refractivity contribution in [2.75, 3.05) is 6.61 Å². The van der Waals surface area contributed by atoms with Crippen molar-refractivity contribution in [2.24, 2.45) is 11.8 Å². The quantitative estimate of drug-likeness (QED) is 0.565. The molecule has 0 amide bonds. The molecule has 0 aromatic carbocycles. The molecule has 1 rings (SSSR count). The maximum Gasteiger partial charge on any atom is 0.137 e. The summed E-state index contributed by atoms with van der Waals surface area (Å²) < 4.78 is 5.57. The van der Waals surface area contributed by atoms with E-state index in [1.54, 1.807) is 6.20 Å². The second kappa shape index (κ2) is 7.25. The lowest BCUT2D eigenvalue weighted by Crippen LogP contribution is -2.32. The van der Waals surface area contributed by atoms with Gasteiger partial charge in [0.15, 0.2) is 0 Å². The fourth-order valence-electron chi connectivity index (χ4n) is 1.73. The normalized spacial score (nSPS) is 14.4. The molecule has 96 valence electrons. The number of rotatable bonds is 7. The first-order valence-corrected chi connectivity index (χ1v) is 6.26. The molecular formula is C13H23N3O.